The summed E-state index contributed by atoms with van der Waals surface area (Å²) in [5, 5.41) is 10.7. The lowest BCUT2D eigenvalue weighted by molar-refractivity contribution is -0.384. The lowest BCUT2D eigenvalue weighted by Gasteiger charge is -2.11. The third kappa shape index (κ3) is 4.70. The highest BCUT2D eigenvalue weighted by atomic mass is 19.4. The molecule has 126 valence electrons. The Kier molecular flexibility index (Phi) is 5.02. The number of ether oxygens (including phenoxy) is 2. The van der Waals surface area contributed by atoms with Crippen LogP contribution in [-0.2, 0) is 0 Å². The minimum Gasteiger partial charge on any atom is -0.496 e. The number of nitro benzene ring substituents is 1. The molecule has 0 saturated heterocycles. The maximum Gasteiger partial charge on any atom is 0.573 e. The molecule has 0 N–H and O–H groups in total. The highest BCUT2D eigenvalue weighted by molar-refractivity contribution is 5.86. The van der Waals surface area contributed by atoms with Crippen molar-refractivity contribution in [2.24, 2.45) is 4.99 Å². The zero-order chi connectivity index (χ0) is 17.7. The van der Waals surface area contributed by atoms with Crippen molar-refractivity contribution in [2.45, 2.75) is 6.36 Å². The summed E-state index contributed by atoms with van der Waals surface area (Å²) in [7, 11) is 1.35. The summed E-state index contributed by atoms with van der Waals surface area (Å²) in [5.41, 5.74) is 0.352. The number of alkyl halides is 3. The normalized spacial score (nSPS) is 11.5. The Bertz CT molecular complexity index is 776. The molecule has 0 aliphatic rings. The summed E-state index contributed by atoms with van der Waals surface area (Å²) in [5.74, 6) is -0.150. The number of hydrogen-bond acceptors (Lipinski definition) is 5. The fraction of sp³-hybridized carbons (Fsp3) is 0.133. The van der Waals surface area contributed by atoms with Gasteiger partial charge >= 0.3 is 6.36 Å². The van der Waals surface area contributed by atoms with Gasteiger partial charge in [0.2, 0.25) is 0 Å². The second kappa shape index (κ2) is 6.99. The van der Waals surface area contributed by atoms with E-state index >= 15 is 0 Å². The molecule has 24 heavy (non-hydrogen) atoms. The van der Waals surface area contributed by atoms with Gasteiger partial charge in [-0.3, -0.25) is 15.1 Å². The molecule has 0 amide bonds. The predicted octanol–water partition coefficient (Wildman–Crippen LogP) is 4.25. The van der Waals surface area contributed by atoms with E-state index in [0.29, 0.717) is 0 Å². The van der Waals surface area contributed by atoms with Gasteiger partial charge in [0.25, 0.3) is 5.69 Å². The number of nitro groups is 1. The minimum atomic E-state index is -4.82. The van der Waals surface area contributed by atoms with Gasteiger partial charge in [-0.25, -0.2) is 0 Å². The number of rotatable bonds is 5. The van der Waals surface area contributed by atoms with E-state index in [4.69, 9.17) is 4.74 Å². The van der Waals surface area contributed by atoms with E-state index < -0.39 is 17.0 Å². The van der Waals surface area contributed by atoms with Crippen molar-refractivity contribution < 1.29 is 27.6 Å². The van der Waals surface area contributed by atoms with Crippen LogP contribution in [0.2, 0.25) is 0 Å². The number of nitrogens with zero attached hydrogens (tertiary/aromatic N) is 2. The van der Waals surface area contributed by atoms with Gasteiger partial charge in [0.1, 0.15) is 11.5 Å². The molecular weight excluding hydrogens is 329 g/mol. The van der Waals surface area contributed by atoms with Crippen molar-refractivity contribution in [3.05, 3.63) is 58.1 Å². The largest absolute Gasteiger partial charge is 0.573 e. The van der Waals surface area contributed by atoms with Crippen molar-refractivity contribution >= 4 is 17.6 Å². The molecule has 0 atom stereocenters. The van der Waals surface area contributed by atoms with E-state index in [-0.39, 0.29) is 22.7 Å². The molecule has 0 heterocycles. The summed E-state index contributed by atoms with van der Waals surface area (Å²) in [6.45, 7) is 0. The van der Waals surface area contributed by atoms with Gasteiger partial charge in [-0.15, -0.1) is 13.2 Å². The average Bonchev–Trinajstić information content (AvgIpc) is 2.52. The minimum absolute atomic E-state index is 0.147. The molecule has 0 fully saturated rings. The quantitative estimate of drug-likeness (QED) is 0.463. The summed E-state index contributed by atoms with van der Waals surface area (Å²) < 4.78 is 45.7. The summed E-state index contributed by atoms with van der Waals surface area (Å²) >= 11 is 0. The van der Waals surface area contributed by atoms with Crippen LogP contribution >= 0.6 is 0 Å². The molecule has 0 aliphatic carbocycles. The fourth-order valence-electron chi connectivity index (χ4n) is 1.84. The van der Waals surface area contributed by atoms with E-state index in [9.17, 15) is 23.3 Å². The van der Waals surface area contributed by atoms with Gasteiger partial charge < -0.3 is 9.47 Å². The molecule has 0 saturated carbocycles. The molecule has 2 rings (SSSR count). The van der Waals surface area contributed by atoms with E-state index in [1.807, 2.05) is 0 Å². The SMILES string of the molecule is COc1ccc(OC(F)(F)F)cc1/C=N/c1cccc([N+](=O)[O-])c1. The first-order valence-corrected chi connectivity index (χ1v) is 6.51. The molecule has 9 heteroatoms. The second-order valence-electron chi connectivity index (χ2n) is 4.49. The zero-order valence-electron chi connectivity index (χ0n) is 12.3. The van der Waals surface area contributed by atoms with E-state index in [1.165, 1.54) is 43.7 Å². The smallest absolute Gasteiger partial charge is 0.496 e. The summed E-state index contributed by atoms with van der Waals surface area (Å²) in [6, 6.07) is 9.02. The molecular formula is C15H11F3N2O4. The molecule has 0 aromatic heterocycles. The summed E-state index contributed by atoms with van der Waals surface area (Å²) in [6.07, 6.45) is -3.58. The highest BCUT2D eigenvalue weighted by Gasteiger charge is 2.31. The first-order chi connectivity index (χ1) is 11.3. The fourth-order valence-corrected chi connectivity index (χ4v) is 1.84. The van der Waals surface area contributed by atoms with Crippen molar-refractivity contribution in [1.29, 1.82) is 0 Å². The van der Waals surface area contributed by atoms with Gasteiger partial charge in [-0.2, -0.15) is 0 Å². The maximum absolute atomic E-state index is 12.3. The van der Waals surface area contributed by atoms with Crippen LogP contribution in [0.25, 0.3) is 0 Å². The van der Waals surface area contributed by atoms with Crippen LogP contribution in [0, 0.1) is 10.1 Å². The summed E-state index contributed by atoms with van der Waals surface area (Å²) in [4.78, 5) is 14.2. The zero-order valence-corrected chi connectivity index (χ0v) is 12.3. The maximum atomic E-state index is 12.3. The lowest BCUT2D eigenvalue weighted by Crippen LogP contribution is -2.17. The van der Waals surface area contributed by atoms with E-state index in [2.05, 4.69) is 9.73 Å². The Morgan fingerprint density at radius 1 is 1.21 bits per heavy atom. The highest BCUT2D eigenvalue weighted by Crippen LogP contribution is 2.28. The number of benzene rings is 2. The first kappa shape index (κ1) is 17.3. The standard InChI is InChI=1S/C15H11F3N2O4/c1-23-14-6-5-13(24-15(16,17)18)7-10(14)9-19-11-3-2-4-12(8-11)20(21)22/h2-9H,1H3/b19-9+. The molecule has 0 unspecified atom stereocenters. The van der Waals surface area contributed by atoms with E-state index in [0.717, 1.165) is 12.1 Å². The average molecular weight is 340 g/mol. The second-order valence-corrected chi connectivity index (χ2v) is 4.49. The first-order valence-electron chi connectivity index (χ1n) is 6.51. The number of non-ortho nitro benzene ring substituents is 1. The molecule has 0 spiro atoms. The van der Waals surface area contributed by atoms with Crippen molar-refractivity contribution in [1.82, 2.24) is 0 Å². The number of aliphatic imine (C=N–C) groups is 1. The van der Waals surface area contributed by atoms with Crippen LogP contribution < -0.4 is 9.47 Å². The molecule has 0 radical (unpaired) electrons. The predicted molar refractivity (Wildman–Crippen MR) is 80.0 cm³/mol. The van der Waals surface area contributed by atoms with Crippen LogP contribution in [0.4, 0.5) is 24.5 Å². The number of hydrogen-bond donors (Lipinski definition) is 0. The Morgan fingerprint density at radius 2 is 1.96 bits per heavy atom. The van der Waals surface area contributed by atoms with Crippen molar-refractivity contribution in [3.63, 3.8) is 0 Å². The Hall–Kier alpha value is -3.10. The monoisotopic (exact) mass is 340 g/mol. The van der Waals surface area contributed by atoms with Crippen LogP contribution in [0.15, 0.2) is 47.5 Å². The van der Waals surface area contributed by atoms with E-state index in [1.54, 1.807) is 0 Å². The molecule has 0 aliphatic heterocycles. The van der Waals surface area contributed by atoms with Gasteiger partial charge in [0.05, 0.1) is 17.7 Å². The third-order valence-corrected chi connectivity index (χ3v) is 2.83. The molecule has 2 aromatic rings. The van der Waals surface area contributed by atoms with Crippen LogP contribution in [0.1, 0.15) is 5.56 Å². The third-order valence-electron chi connectivity index (χ3n) is 2.83. The van der Waals surface area contributed by atoms with Crippen LogP contribution in [0.3, 0.4) is 0 Å². The number of halogens is 3. The van der Waals surface area contributed by atoms with Crippen molar-refractivity contribution in [3.8, 4) is 11.5 Å². The Balaban J connectivity index is 2.31. The Morgan fingerprint density at radius 3 is 2.58 bits per heavy atom. The van der Waals surface area contributed by atoms with Crippen molar-refractivity contribution in [2.75, 3.05) is 7.11 Å². The number of methoxy groups -OCH3 is 1. The Labute approximate surface area is 134 Å². The van der Waals surface area contributed by atoms with Gasteiger partial charge in [-0.1, -0.05) is 6.07 Å². The topological polar surface area (TPSA) is 74.0 Å². The van der Waals surface area contributed by atoms with Gasteiger partial charge in [-0.05, 0) is 24.3 Å². The van der Waals surface area contributed by atoms with Gasteiger partial charge in [0, 0.05) is 23.9 Å². The molecule has 2 aromatic carbocycles. The lowest BCUT2D eigenvalue weighted by atomic mass is 10.2. The van der Waals surface area contributed by atoms with Gasteiger partial charge in [0.15, 0.2) is 0 Å². The molecule has 0 bridgehead atoms. The molecule has 6 nitrogen and oxygen atoms in total. The van der Waals surface area contributed by atoms with Crippen LogP contribution in [0.5, 0.6) is 11.5 Å². The van der Waals surface area contributed by atoms with Crippen LogP contribution in [-0.4, -0.2) is 24.6 Å².